The molecule has 0 aromatic heterocycles. The Kier molecular flexibility index (Phi) is 4.73. The number of aliphatic hydroxyl groups is 1. The summed E-state index contributed by atoms with van der Waals surface area (Å²) in [4.78, 5) is 15.1. The summed E-state index contributed by atoms with van der Waals surface area (Å²) in [6, 6.07) is 4.75. The van der Waals surface area contributed by atoms with Crippen molar-refractivity contribution in [1.29, 1.82) is 0 Å². The van der Waals surface area contributed by atoms with E-state index < -0.39 is 6.10 Å². The monoisotopic (exact) mass is 280 g/mol. The molecule has 1 amide bonds. The molecule has 110 valence electrons. The maximum atomic E-state index is 13.3. The quantitative estimate of drug-likeness (QED) is 0.884. The molecule has 2 rings (SSSR count). The molecular formula is C15H21FN2O2. The third kappa shape index (κ3) is 3.77. The van der Waals surface area contributed by atoms with Crippen LogP contribution in [0.1, 0.15) is 18.1 Å². The van der Waals surface area contributed by atoms with Crippen LogP contribution >= 0.6 is 0 Å². The normalized spacial score (nSPS) is 20.8. The molecule has 1 atom stereocenters. The molecule has 4 nitrogen and oxygen atoms in total. The minimum Gasteiger partial charge on any atom is -0.390 e. The number of hydrogen-bond acceptors (Lipinski definition) is 3. The molecule has 20 heavy (non-hydrogen) atoms. The number of carbonyl (C=O) groups is 1. The Hall–Kier alpha value is -1.46. The molecule has 1 aliphatic heterocycles. The molecule has 0 aliphatic carbocycles. The number of β-amino-alcohol motifs (C(OH)–C–C–N with tert-alkyl or cyclic N) is 1. The number of nitrogens with zero attached hydrogens (tertiary/aromatic N) is 2. The SMILES string of the molecule is CC(=O)N1CCN(Cc2cc(F)ccc2C)C[C@@H](O)C1. The van der Waals surface area contributed by atoms with Gasteiger partial charge in [0.2, 0.25) is 5.91 Å². The van der Waals surface area contributed by atoms with Gasteiger partial charge >= 0.3 is 0 Å². The van der Waals surface area contributed by atoms with Gasteiger partial charge in [0.25, 0.3) is 0 Å². The maximum Gasteiger partial charge on any atom is 0.219 e. The van der Waals surface area contributed by atoms with Gasteiger partial charge in [-0.05, 0) is 30.2 Å². The van der Waals surface area contributed by atoms with E-state index in [-0.39, 0.29) is 11.7 Å². The van der Waals surface area contributed by atoms with E-state index >= 15 is 0 Å². The number of rotatable bonds is 2. The van der Waals surface area contributed by atoms with E-state index in [4.69, 9.17) is 0 Å². The van der Waals surface area contributed by atoms with E-state index in [2.05, 4.69) is 4.90 Å². The van der Waals surface area contributed by atoms with Crippen LogP contribution in [-0.4, -0.2) is 53.1 Å². The van der Waals surface area contributed by atoms with Crippen LogP contribution in [-0.2, 0) is 11.3 Å². The fraction of sp³-hybridized carbons (Fsp3) is 0.533. The first-order valence-electron chi connectivity index (χ1n) is 6.86. The van der Waals surface area contributed by atoms with Crippen molar-refractivity contribution in [2.45, 2.75) is 26.5 Å². The van der Waals surface area contributed by atoms with Crippen LogP contribution in [0.2, 0.25) is 0 Å². The molecule has 1 saturated heterocycles. The average molecular weight is 280 g/mol. The number of aliphatic hydroxyl groups excluding tert-OH is 1. The summed E-state index contributed by atoms with van der Waals surface area (Å²) in [5.74, 6) is -0.265. The maximum absolute atomic E-state index is 13.3. The van der Waals surface area contributed by atoms with Crippen LogP contribution in [0.25, 0.3) is 0 Å². The van der Waals surface area contributed by atoms with Gasteiger partial charge in [0.15, 0.2) is 0 Å². The second kappa shape index (κ2) is 6.33. The van der Waals surface area contributed by atoms with Crippen LogP contribution in [0.3, 0.4) is 0 Å². The van der Waals surface area contributed by atoms with Crippen molar-refractivity contribution in [1.82, 2.24) is 9.80 Å². The zero-order valence-electron chi connectivity index (χ0n) is 12.0. The molecule has 0 bridgehead atoms. The van der Waals surface area contributed by atoms with Crippen molar-refractivity contribution in [3.8, 4) is 0 Å². The number of amides is 1. The van der Waals surface area contributed by atoms with E-state index in [1.807, 2.05) is 6.92 Å². The summed E-state index contributed by atoms with van der Waals surface area (Å²) >= 11 is 0. The zero-order chi connectivity index (χ0) is 14.7. The first-order chi connectivity index (χ1) is 9.45. The second-order valence-corrected chi connectivity index (χ2v) is 5.42. The predicted molar refractivity (Wildman–Crippen MR) is 74.7 cm³/mol. The smallest absolute Gasteiger partial charge is 0.219 e. The van der Waals surface area contributed by atoms with Crippen LogP contribution < -0.4 is 0 Å². The van der Waals surface area contributed by atoms with Gasteiger partial charge in [-0.25, -0.2) is 4.39 Å². The summed E-state index contributed by atoms with van der Waals surface area (Å²) < 4.78 is 13.3. The summed E-state index contributed by atoms with van der Waals surface area (Å²) in [5.41, 5.74) is 1.96. The van der Waals surface area contributed by atoms with Crippen molar-refractivity contribution in [2.24, 2.45) is 0 Å². The Morgan fingerprint density at radius 3 is 2.85 bits per heavy atom. The third-order valence-electron chi connectivity index (χ3n) is 3.74. The summed E-state index contributed by atoms with van der Waals surface area (Å²) in [7, 11) is 0. The number of carbonyl (C=O) groups excluding carboxylic acids is 1. The molecule has 1 fully saturated rings. The summed E-state index contributed by atoms with van der Waals surface area (Å²) in [6.45, 7) is 6.21. The highest BCUT2D eigenvalue weighted by Crippen LogP contribution is 2.15. The Balaban J connectivity index is 2.06. The van der Waals surface area contributed by atoms with Crippen molar-refractivity contribution in [3.63, 3.8) is 0 Å². The summed E-state index contributed by atoms with van der Waals surface area (Å²) in [5, 5.41) is 9.97. The fourth-order valence-corrected chi connectivity index (χ4v) is 2.54. The lowest BCUT2D eigenvalue weighted by atomic mass is 10.1. The van der Waals surface area contributed by atoms with Crippen molar-refractivity contribution in [3.05, 3.63) is 35.1 Å². The van der Waals surface area contributed by atoms with Gasteiger partial charge < -0.3 is 10.0 Å². The van der Waals surface area contributed by atoms with Crippen molar-refractivity contribution in [2.75, 3.05) is 26.2 Å². The first kappa shape index (κ1) is 14.9. The molecule has 1 heterocycles. The molecular weight excluding hydrogens is 259 g/mol. The fourth-order valence-electron chi connectivity index (χ4n) is 2.54. The van der Waals surface area contributed by atoms with Crippen LogP contribution in [0, 0.1) is 12.7 Å². The van der Waals surface area contributed by atoms with Crippen molar-refractivity contribution >= 4 is 5.91 Å². The van der Waals surface area contributed by atoms with E-state index in [1.165, 1.54) is 19.1 Å². The number of hydrogen-bond donors (Lipinski definition) is 1. The molecule has 1 N–H and O–H groups in total. The van der Waals surface area contributed by atoms with Gasteiger partial charge in [0.05, 0.1) is 6.10 Å². The predicted octanol–water partition coefficient (Wildman–Crippen LogP) is 1.16. The minimum atomic E-state index is -0.560. The van der Waals surface area contributed by atoms with Gasteiger partial charge in [-0.1, -0.05) is 6.07 Å². The Morgan fingerprint density at radius 2 is 2.15 bits per heavy atom. The highest BCUT2D eigenvalue weighted by Gasteiger charge is 2.22. The largest absolute Gasteiger partial charge is 0.390 e. The van der Waals surface area contributed by atoms with Gasteiger partial charge in [-0.3, -0.25) is 9.69 Å². The second-order valence-electron chi connectivity index (χ2n) is 5.42. The van der Waals surface area contributed by atoms with Gasteiger partial charge in [-0.2, -0.15) is 0 Å². The van der Waals surface area contributed by atoms with E-state index in [0.717, 1.165) is 11.1 Å². The number of benzene rings is 1. The van der Waals surface area contributed by atoms with Gasteiger partial charge in [-0.15, -0.1) is 0 Å². The highest BCUT2D eigenvalue weighted by molar-refractivity contribution is 5.73. The Labute approximate surface area is 118 Å². The lowest BCUT2D eigenvalue weighted by Crippen LogP contribution is -2.36. The molecule has 5 heteroatoms. The molecule has 0 saturated carbocycles. The van der Waals surface area contributed by atoms with Crippen LogP contribution in [0.15, 0.2) is 18.2 Å². The molecule has 1 aliphatic rings. The zero-order valence-corrected chi connectivity index (χ0v) is 12.0. The first-order valence-corrected chi connectivity index (χ1v) is 6.86. The molecule has 1 aromatic carbocycles. The molecule has 0 radical (unpaired) electrons. The van der Waals surface area contributed by atoms with E-state index in [9.17, 15) is 14.3 Å². The van der Waals surface area contributed by atoms with Crippen LogP contribution in [0.4, 0.5) is 4.39 Å². The molecule has 1 aromatic rings. The highest BCUT2D eigenvalue weighted by atomic mass is 19.1. The van der Waals surface area contributed by atoms with Gasteiger partial charge in [0, 0.05) is 39.6 Å². The summed E-state index contributed by atoms with van der Waals surface area (Å²) in [6.07, 6.45) is -0.560. The topological polar surface area (TPSA) is 43.8 Å². The number of aryl methyl sites for hydroxylation is 1. The van der Waals surface area contributed by atoms with Crippen molar-refractivity contribution < 1.29 is 14.3 Å². The van der Waals surface area contributed by atoms with Crippen LogP contribution in [0.5, 0.6) is 0 Å². The standard InChI is InChI=1S/C15H21FN2O2/c1-11-3-4-14(16)7-13(11)8-17-5-6-18(12(2)19)10-15(20)9-17/h3-4,7,15,20H,5-6,8-10H2,1-2H3/t15-/m1/s1. The Bertz CT molecular complexity index is 493. The lowest BCUT2D eigenvalue weighted by molar-refractivity contribution is -0.129. The average Bonchev–Trinajstić information content (AvgIpc) is 2.55. The molecule has 0 unspecified atom stereocenters. The Morgan fingerprint density at radius 1 is 1.40 bits per heavy atom. The minimum absolute atomic E-state index is 0.0205. The van der Waals surface area contributed by atoms with Gasteiger partial charge in [0.1, 0.15) is 5.82 Å². The number of halogens is 1. The molecule has 0 spiro atoms. The van der Waals surface area contributed by atoms with E-state index in [1.54, 1.807) is 11.0 Å². The third-order valence-corrected chi connectivity index (χ3v) is 3.74. The van der Waals surface area contributed by atoms with E-state index in [0.29, 0.717) is 32.7 Å². The lowest BCUT2D eigenvalue weighted by Gasteiger charge is -2.22.